The Bertz CT molecular complexity index is 2490. The average molecular weight is 774 g/mol. The number of azo groups is 2. The number of nitrogens with two attached hydrogens (primary N) is 1. The number of halogens is 1. The molecule has 0 bridgehead atoms. The van der Waals surface area contributed by atoms with Crippen LogP contribution in [0.25, 0.3) is 10.8 Å². The van der Waals surface area contributed by atoms with Crippen LogP contribution in [0.15, 0.2) is 141 Å². The van der Waals surface area contributed by atoms with Crippen molar-refractivity contribution in [2.75, 3.05) is 5.73 Å². The largest absolute Gasteiger partial charge is 1.00 e. The van der Waals surface area contributed by atoms with Crippen molar-refractivity contribution in [2.24, 2.45) is 30.2 Å². The second-order valence-electron chi connectivity index (χ2n) is 9.62. The van der Waals surface area contributed by atoms with Crippen molar-refractivity contribution in [3.05, 3.63) is 91.0 Å². The molecule has 0 amide bonds. The molecular weight excluding hydrogens is 756 g/mol. The summed E-state index contributed by atoms with van der Waals surface area (Å²) in [5.41, 5.74) is 4.40. The normalized spacial score (nSPS) is 12.4. The molecule has 50 heavy (non-hydrogen) atoms. The first-order valence-corrected chi connectivity index (χ1v) is 17.7. The molecule has 0 saturated carbocycles. The third kappa shape index (κ3) is 8.99. The summed E-state index contributed by atoms with van der Waals surface area (Å²) in [4.78, 5) is -2.28. The summed E-state index contributed by atoms with van der Waals surface area (Å²) in [7, 11) is -14.5. The molecule has 22 heteroatoms. The second kappa shape index (κ2) is 16.4. The number of nitrogens with zero attached hydrogens (tertiary/aromatic N) is 6. The van der Waals surface area contributed by atoms with Crippen molar-refractivity contribution < 1.29 is 98.6 Å². The Morgan fingerprint density at radius 3 is 1.58 bits per heavy atom. The number of hydrogen-bond acceptors (Lipinski definition) is 15. The van der Waals surface area contributed by atoms with Crippen molar-refractivity contribution in [1.29, 1.82) is 0 Å². The summed E-state index contributed by atoms with van der Waals surface area (Å²) >= 11 is 5.19. The molecule has 0 aliphatic carbocycles. The van der Waals surface area contributed by atoms with E-state index in [4.69, 9.17) is 17.5 Å². The van der Waals surface area contributed by atoms with E-state index in [0.717, 1.165) is 0 Å². The van der Waals surface area contributed by atoms with Crippen LogP contribution in [0.3, 0.4) is 0 Å². The standard InChI is InChI=1S/C28H20ClN7O9S3.2Na/c29-36-33-19-8-12-21(13-9-19)46(38,39)20-10-6-18(7-11-20)32-34-26-22(47(40,41)42)14-16-15-23(48(43,44)45)27(28(37)24(16)25(26)30)35-31-17-4-2-1-3-5-17;;/h1-15,37H,30H2,(H,40,41,42)(H,43,44,45);;/q;2*+1/p-2. The number of fused-ring (bicyclic) bond motifs is 1. The van der Waals surface area contributed by atoms with E-state index >= 15 is 0 Å². The molecule has 0 aliphatic rings. The molecule has 5 rings (SSSR count). The average Bonchev–Trinajstić information content (AvgIpc) is 3.03. The zero-order valence-electron chi connectivity index (χ0n) is 25.7. The molecule has 0 unspecified atom stereocenters. The molecule has 5 aromatic carbocycles. The number of anilines is 1. The summed E-state index contributed by atoms with van der Waals surface area (Å²) in [6.45, 7) is 0. The van der Waals surface area contributed by atoms with Gasteiger partial charge in [-0.1, -0.05) is 28.6 Å². The molecule has 0 aliphatic heterocycles. The zero-order chi connectivity index (χ0) is 34.9. The molecule has 0 heterocycles. The third-order valence-electron chi connectivity index (χ3n) is 6.58. The van der Waals surface area contributed by atoms with Crippen molar-refractivity contribution in [2.45, 2.75) is 19.6 Å². The van der Waals surface area contributed by atoms with Crippen LogP contribution in [-0.2, 0) is 30.1 Å². The van der Waals surface area contributed by atoms with Gasteiger partial charge in [0.25, 0.3) is 10.1 Å². The van der Waals surface area contributed by atoms with Gasteiger partial charge in [-0.05, 0) is 78.2 Å². The number of hydrogen-bond donors (Lipinski definition) is 2. The van der Waals surface area contributed by atoms with E-state index in [1.54, 1.807) is 18.2 Å². The summed E-state index contributed by atoms with van der Waals surface area (Å²) in [5, 5.41) is 31.4. The summed E-state index contributed by atoms with van der Waals surface area (Å²) in [6.07, 6.45) is 0. The zero-order valence-corrected chi connectivity index (χ0v) is 32.9. The number of sulfone groups is 1. The van der Waals surface area contributed by atoms with Gasteiger partial charge in [0.1, 0.15) is 20.7 Å². The Morgan fingerprint density at radius 2 is 1.10 bits per heavy atom. The maximum absolute atomic E-state index is 13.5. The first-order chi connectivity index (χ1) is 22.6. The molecule has 3 N–H and O–H groups in total. The van der Waals surface area contributed by atoms with Gasteiger partial charge in [-0.25, -0.2) is 16.8 Å². The summed E-state index contributed by atoms with van der Waals surface area (Å²) in [6, 6.07) is 19.5. The van der Waals surface area contributed by atoms with E-state index in [1.165, 1.54) is 60.7 Å². The van der Waals surface area contributed by atoms with E-state index < -0.39 is 73.4 Å². The van der Waals surface area contributed by atoms with Gasteiger partial charge in [0.15, 0.2) is 0 Å². The Kier molecular flexibility index (Phi) is 13.6. The van der Waals surface area contributed by atoms with E-state index in [-0.39, 0.29) is 80.3 Å². The molecular formula is C28H18ClN7Na2O9S3. The molecule has 5 aromatic rings. The summed E-state index contributed by atoms with van der Waals surface area (Å²) < 4.78 is 100. The smallest absolute Gasteiger partial charge is 0.870 e. The first-order valence-electron chi connectivity index (χ1n) is 13.0. The van der Waals surface area contributed by atoms with Crippen LogP contribution in [0, 0.1) is 0 Å². The SMILES string of the molecule is Nc1c(N=Nc2ccc(S(=O)(=O)c3ccc(N=NCl)cc3)cc2)c(S(=O)(=O)[O-])cc2cc(S(=O)(=O)O)c(N=Nc3ccccc3)c([O-])c12.[Na+].[Na+]. The van der Waals surface area contributed by atoms with E-state index in [2.05, 4.69) is 30.2 Å². The molecule has 0 fully saturated rings. The van der Waals surface area contributed by atoms with Gasteiger partial charge in [-0.2, -0.15) is 18.6 Å². The number of benzene rings is 5. The van der Waals surface area contributed by atoms with Gasteiger partial charge in [0, 0.05) is 5.39 Å². The van der Waals surface area contributed by atoms with Gasteiger partial charge in [-0.15, -0.1) is 15.3 Å². The molecule has 0 saturated heterocycles. The van der Waals surface area contributed by atoms with Gasteiger partial charge >= 0.3 is 59.1 Å². The van der Waals surface area contributed by atoms with Gasteiger partial charge in [0.2, 0.25) is 9.84 Å². The fourth-order valence-corrected chi connectivity index (χ4v) is 7.02. The van der Waals surface area contributed by atoms with E-state index in [9.17, 15) is 39.5 Å². The quantitative estimate of drug-likeness (QED) is 0.0909. The molecule has 0 radical (unpaired) electrons. The van der Waals surface area contributed by atoms with Gasteiger partial charge in [-0.3, -0.25) is 4.55 Å². The van der Waals surface area contributed by atoms with Crippen molar-refractivity contribution in [3.8, 4) is 5.75 Å². The Hall–Kier alpha value is -3.18. The minimum absolute atomic E-state index is 0. The molecule has 16 nitrogen and oxygen atoms in total. The maximum atomic E-state index is 13.5. The van der Waals surface area contributed by atoms with E-state index in [0.29, 0.717) is 17.8 Å². The van der Waals surface area contributed by atoms with Crippen molar-refractivity contribution in [3.63, 3.8) is 0 Å². The van der Waals surface area contributed by atoms with Gasteiger partial charge in [0.05, 0.1) is 54.9 Å². The molecule has 0 atom stereocenters. The van der Waals surface area contributed by atoms with Crippen LogP contribution in [0.2, 0.25) is 0 Å². The second-order valence-corrected chi connectivity index (χ2v) is 14.5. The fourth-order valence-electron chi connectivity index (χ4n) is 4.35. The Morgan fingerprint density at radius 1 is 0.640 bits per heavy atom. The van der Waals surface area contributed by atoms with Gasteiger partial charge < -0.3 is 15.4 Å². The molecule has 246 valence electrons. The third-order valence-corrected chi connectivity index (χ3v) is 10.2. The predicted molar refractivity (Wildman–Crippen MR) is 169 cm³/mol. The van der Waals surface area contributed by atoms with Crippen LogP contribution >= 0.6 is 11.8 Å². The van der Waals surface area contributed by atoms with Crippen LogP contribution in [0.1, 0.15) is 0 Å². The summed E-state index contributed by atoms with van der Waals surface area (Å²) in [5.74, 6) is -1.18. The van der Waals surface area contributed by atoms with Crippen LogP contribution in [0.5, 0.6) is 5.75 Å². The van der Waals surface area contributed by atoms with Crippen molar-refractivity contribution >= 4 is 86.7 Å². The maximum Gasteiger partial charge on any atom is 1.00 e. The minimum Gasteiger partial charge on any atom is -0.870 e. The molecule has 0 aromatic heterocycles. The first kappa shape index (κ1) is 41.2. The predicted octanol–water partition coefficient (Wildman–Crippen LogP) is 0.556. The fraction of sp³-hybridized carbons (Fsp3) is 0. The topological polar surface area (TPSA) is 269 Å². The Labute approximate surface area is 334 Å². The van der Waals surface area contributed by atoms with Crippen molar-refractivity contribution in [1.82, 2.24) is 0 Å². The Balaban J connectivity index is 0.00000338. The molecule has 0 spiro atoms. The van der Waals surface area contributed by atoms with Crippen LogP contribution in [0.4, 0.5) is 34.1 Å². The number of rotatable bonds is 9. The number of nitrogen functional groups attached to an aromatic ring is 1. The van der Waals surface area contributed by atoms with Crippen LogP contribution in [-0.4, -0.2) is 34.4 Å². The van der Waals surface area contributed by atoms with Crippen LogP contribution < -0.4 is 70.0 Å². The van der Waals surface area contributed by atoms with E-state index in [1.807, 2.05) is 0 Å². The minimum atomic E-state index is -5.37. The monoisotopic (exact) mass is 773 g/mol.